The summed E-state index contributed by atoms with van der Waals surface area (Å²) in [4.78, 5) is 25.5. The van der Waals surface area contributed by atoms with E-state index in [1.807, 2.05) is 57.2 Å². The topological polar surface area (TPSA) is 108 Å². The summed E-state index contributed by atoms with van der Waals surface area (Å²) in [6.07, 6.45) is 0.529. The Kier molecular flexibility index (Phi) is 5.73. The minimum atomic E-state index is -1.04. The molecule has 0 saturated heterocycles. The Morgan fingerprint density at radius 2 is 1.63 bits per heavy atom. The first kappa shape index (κ1) is 20.9. The maximum Gasteiger partial charge on any atom is 0.412 e. The Morgan fingerprint density at radius 1 is 1.00 bits per heavy atom. The number of carboxylic acid groups (broad SMARTS) is 1. The zero-order chi connectivity index (χ0) is 21.9. The fraction of sp³-hybridized carbons (Fsp3) is 0.174. The Labute approximate surface area is 174 Å². The van der Waals surface area contributed by atoms with Crippen LogP contribution in [-0.2, 0) is 0 Å². The van der Waals surface area contributed by atoms with Gasteiger partial charge in [-0.15, -0.1) is 0 Å². The summed E-state index contributed by atoms with van der Waals surface area (Å²) in [6, 6.07) is 17.9. The van der Waals surface area contributed by atoms with E-state index in [4.69, 9.17) is 5.84 Å². The van der Waals surface area contributed by atoms with E-state index in [-0.39, 0.29) is 5.91 Å². The first-order valence-electron chi connectivity index (χ1n) is 9.41. The molecule has 0 aromatic heterocycles. The third-order valence-corrected chi connectivity index (χ3v) is 4.60. The molecule has 2 amide bonds. The highest BCUT2D eigenvalue weighted by molar-refractivity contribution is 6.05. The van der Waals surface area contributed by atoms with Crippen molar-refractivity contribution in [2.75, 3.05) is 10.2 Å². The van der Waals surface area contributed by atoms with Gasteiger partial charge in [0.15, 0.2) is 0 Å². The number of hydrogen-bond acceptors (Lipinski definition) is 4. The van der Waals surface area contributed by atoms with Gasteiger partial charge in [0, 0.05) is 22.5 Å². The first-order chi connectivity index (χ1) is 14.2. The van der Waals surface area contributed by atoms with Crippen molar-refractivity contribution in [1.82, 2.24) is 0 Å². The largest absolute Gasteiger partial charge is 0.465 e. The number of fused-ring (bicyclic) bond motifs is 1. The Morgan fingerprint density at radius 3 is 2.23 bits per heavy atom. The summed E-state index contributed by atoms with van der Waals surface area (Å²) in [5, 5.41) is 17.9. The molecular weight excluding hydrogens is 380 g/mol. The van der Waals surface area contributed by atoms with Crippen LogP contribution >= 0.6 is 0 Å². The Balaban J connectivity index is 1.79. The maximum absolute atomic E-state index is 12.6. The molecule has 0 fully saturated rings. The van der Waals surface area contributed by atoms with Gasteiger partial charge in [0.05, 0.1) is 6.21 Å². The van der Waals surface area contributed by atoms with E-state index in [0.29, 0.717) is 16.9 Å². The van der Waals surface area contributed by atoms with Gasteiger partial charge in [0.1, 0.15) is 0 Å². The molecule has 0 aliphatic heterocycles. The molecule has 0 aliphatic rings. The summed E-state index contributed by atoms with van der Waals surface area (Å²) >= 11 is 0. The van der Waals surface area contributed by atoms with Crippen molar-refractivity contribution in [3.05, 3.63) is 71.8 Å². The molecular formula is C23H24N4O3. The second kappa shape index (κ2) is 8.24. The molecule has 30 heavy (non-hydrogen) atoms. The SMILES string of the molecule is CC(C)(C)N(C(=O)O)c1ccc(C(=O)Nc2ccc3cc(/C=N\N)ccc3c2)cc1. The standard InChI is InChI=1S/C23H24N4O3/c1-23(2,3)27(22(29)30)20-10-7-16(8-11-20)21(28)26-19-9-6-17-12-15(14-25-24)4-5-18(17)13-19/h4-14H,24H2,1-3H3,(H,26,28)(H,29,30)/b25-14-. The number of benzene rings is 3. The lowest BCUT2D eigenvalue weighted by atomic mass is 10.0. The number of nitrogens with two attached hydrogens (primary N) is 1. The minimum Gasteiger partial charge on any atom is -0.465 e. The van der Waals surface area contributed by atoms with Crippen LogP contribution in [0.15, 0.2) is 65.8 Å². The van der Waals surface area contributed by atoms with E-state index in [1.54, 1.807) is 30.5 Å². The number of carbonyl (C=O) groups is 2. The second-order valence-corrected chi connectivity index (χ2v) is 7.89. The molecule has 3 aromatic carbocycles. The summed E-state index contributed by atoms with van der Waals surface area (Å²) in [6.45, 7) is 5.44. The number of amides is 2. The molecule has 4 N–H and O–H groups in total. The van der Waals surface area contributed by atoms with Crippen molar-refractivity contribution < 1.29 is 14.7 Å². The molecule has 0 heterocycles. The predicted octanol–water partition coefficient (Wildman–Crippen LogP) is 4.67. The zero-order valence-electron chi connectivity index (χ0n) is 17.1. The monoisotopic (exact) mass is 404 g/mol. The first-order valence-corrected chi connectivity index (χ1v) is 9.41. The predicted molar refractivity (Wildman–Crippen MR) is 120 cm³/mol. The van der Waals surface area contributed by atoms with E-state index in [2.05, 4.69) is 10.4 Å². The molecule has 0 radical (unpaired) electrons. The van der Waals surface area contributed by atoms with Crippen LogP contribution in [0, 0.1) is 0 Å². The van der Waals surface area contributed by atoms with Gasteiger partial charge in [-0.1, -0.05) is 18.2 Å². The number of hydrazone groups is 1. The van der Waals surface area contributed by atoms with E-state index in [0.717, 1.165) is 16.3 Å². The number of hydrogen-bond donors (Lipinski definition) is 3. The van der Waals surface area contributed by atoms with Gasteiger partial charge in [0.2, 0.25) is 0 Å². The second-order valence-electron chi connectivity index (χ2n) is 7.89. The molecule has 0 bridgehead atoms. The number of nitrogens with one attached hydrogen (secondary N) is 1. The molecule has 154 valence electrons. The third-order valence-electron chi connectivity index (χ3n) is 4.60. The van der Waals surface area contributed by atoms with Crippen LogP contribution in [-0.4, -0.2) is 28.9 Å². The Bertz CT molecular complexity index is 1120. The molecule has 0 unspecified atom stereocenters. The highest BCUT2D eigenvalue weighted by Gasteiger charge is 2.27. The Hall–Kier alpha value is -3.87. The van der Waals surface area contributed by atoms with Crippen LogP contribution < -0.4 is 16.1 Å². The third kappa shape index (κ3) is 4.57. The van der Waals surface area contributed by atoms with Crippen LogP contribution in [0.2, 0.25) is 0 Å². The van der Waals surface area contributed by atoms with Gasteiger partial charge in [-0.3, -0.25) is 9.69 Å². The lowest BCUT2D eigenvalue weighted by Crippen LogP contribution is -2.45. The normalized spacial score (nSPS) is 11.6. The average Bonchev–Trinajstić information content (AvgIpc) is 2.67. The van der Waals surface area contributed by atoms with Crippen molar-refractivity contribution in [3.63, 3.8) is 0 Å². The lowest BCUT2D eigenvalue weighted by molar-refractivity contribution is 0.102. The van der Waals surface area contributed by atoms with Crippen LogP contribution in [0.5, 0.6) is 0 Å². The average molecular weight is 404 g/mol. The van der Waals surface area contributed by atoms with Crippen molar-refractivity contribution >= 4 is 40.4 Å². The maximum atomic E-state index is 12.6. The number of anilines is 2. The van der Waals surface area contributed by atoms with Gasteiger partial charge in [-0.25, -0.2) is 4.79 Å². The van der Waals surface area contributed by atoms with Crippen molar-refractivity contribution in [2.24, 2.45) is 10.9 Å². The molecule has 0 atom stereocenters. The summed E-state index contributed by atoms with van der Waals surface area (Å²) in [7, 11) is 0. The molecule has 7 heteroatoms. The van der Waals surface area contributed by atoms with Crippen molar-refractivity contribution in [1.29, 1.82) is 0 Å². The van der Waals surface area contributed by atoms with Crippen LogP contribution in [0.1, 0.15) is 36.7 Å². The quantitative estimate of drug-likeness (QED) is 0.334. The van der Waals surface area contributed by atoms with E-state index >= 15 is 0 Å². The molecule has 0 aliphatic carbocycles. The highest BCUT2D eigenvalue weighted by Crippen LogP contribution is 2.25. The van der Waals surface area contributed by atoms with Gasteiger partial charge < -0.3 is 16.3 Å². The minimum absolute atomic E-state index is 0.273. The van der Waals surface area contributed by atoms with E-state index in [1.165, 1.54) is 4.90 Å². The molecule has 3 aromatic rings. The summed E-state index contributed by atoms with van der Waals surface area (Å²) < 4.78 is 0. The highest BCUT2D eigenvalue weighted by atomic mass is 16.4. The van der Waals surface area contributed by atoms with E-state index in [9.17, 15) is 14.7 Å². The fourth-order valence-corrected chi connectivity index (χ4v) is 3.26. The van der Waals surface area contributed by atoms with Crippen LogP contribution in [0.3, 0.4) is 0 Å². The van der Waals surface area contributed by atoms with Crippen molar-refractivity contribution in [3.8, 4) is 0 Å². The number of rotatable bonds is 4. The van der Waals surface area contributed by atoms with E-state index < -0.39 is 11.6 Å². The molecule has 3 rings (SSSR count). The number of carbonyl (C=O) groups excluding carboxylic acids is 1. The van der Waals surface area contributed by atoms with Crippen molar-refractivity contribution in [2.45, 2.75) is 26.3 Å². The van der Waals surface area contributed by atoms with Crippen LogP contribution in [0.4, 0.5) is 16.2 Å². The molecule has 0 saturated carbocycles. The summed E-state index contributed by atoms with van der Waals surface area (Å²) in [5.41, 5.74) is 1.91. The fourth-order valence-electron chi connectivity index (χ4n) is 3.26. The number of nitrogens with zero attached hydrogens (tertiary/aromatic N) is 2. The summed E-state index contributed by atoms with van der Waals surface area (Å²) in [5.74, 6) is 4.92. The smallest absolute Gasteiger partial charge is 0.412 e. The zero-order valence-corrected chi connectivity index (χ0v) is 17.1. The van der Waals surface area contributed by atoms with Gasteiger partial charge in [-0.2, -0.15) is 5.10 Å². The lowest BCUT2D eigenvalue weighted by Gasteiger charge is -2.33. The van der Waals surface area contributed by atoms with Gasteiger partial charge >= 0.3 is 6.09 Å². The molecule has 7 nitrogen and oxygen atoms in total. The van der Waals surface area contributed by atoms with Gasteiger partial charge in [0.25, 0.3) is 5.91 Å². The molecule has 0 spiro atoms. The van der Waals surface area contributed by atoms with Crippen LogP contribution in [0.25, 0.3) is 10.8 Å². The van der Waals surface area contributed by atoms with Gasteiger partial charge in [-0.05, 0) is 79.6 Å².